The third-order valence-corrected chi connectivity index (χ3v) is 6.66. The molecule has 0 aliphatic heterocycles. The van der Waals surface area contributed by atoms with Gasteiger partial charge in [-0.05, 0) is 31.4 Å². The number of ketones is 1. The Morgan fingerprint density at radius 3 is 2.44 bits per heavy atom. The smallest absolute Gasteiger partial charge is 0.289 e. The van der Waals surface area contributed by atoms with Gasteiger partial charge in [0, 0.05) is 23.4 Å². The maximum Gasteiger partial charge on any atom is 0.289 e. The summed E-state index contributed by atoms with van der Waals surface area (Å²) in [4.78, 5) is 43.7. The van der Waals surface area contributed by atoms with E-state index in [4.69, 9.17) is 0 Å². The maximum atomic E-state index is 13.4. The standard InChI is InChI=1S/C27H25N5O3S/c1-17-14-23(32(31-17)27-30-22(16-36-27)19-10-6-3-7-11-19)25(34)29-21(15-18-8-4-2-5-9-18)24(33)26(35)28-20-12-13-20/h2-11,14,16,20-21H,12-13,15H2,1H3,(H,28,35)(H,29,34)/t21-/m0/s1. The predicted octanol–water partition coefficient (Wildman–Crippen LogP) is 3.49. The molecule has 1 atom stereocenters. The van der Waals surface area contributed by atoms with Gasteiger partial charge in [-0.2, -0.15) is 5.10 Å². The number of aryl methyl sites for hydroxylation is 1. The van der Waals surface area contributed by atoms with Gasteiger partial charge >= 0.3 is 0 Å². The molecule has 5 rings (SSSR count). The summed E-state index contributed by atoms with van der Waals surface area (Å²) >= 11 is 1.37. The lowest BCUT2D eigenvalue weighted by molar-refractivity contribution is -0.139. The Morgan fingerprint density at radius 2 is 1.75 bits per heavy atom. The zero-order valence-electron chi connectivity index (χ0n) is 19.7. The highest BCUT2D eigenvalue weighted by atomic mass is 32.1. The number of aromatic nitrogens is 3. The molecule has 182 valence electrons. The highest BCUT2D eigenvalue weighted by Crippen LogP contribution is 2.25. The summed E-state index contributed by atoms with van der Waals surface area (Å²) in [5.74, 6) is -1.83. The van der Waals surface area contributed by atoms with Crippen LogP contribution in [0.15, 0.2) is 72.1 Å². The molecule has 0 spiro atoms. The van der Waals surface area contributed by atoms with E-state index in [-0.39, 0.29) is 18.2 Å². The van der Waals surface area contributed by atoms with Gasteiger partial charge in [-0.25, -0.2) is 9.67 Å². The molecule has 0 bridgehead atoms. The predicted molar refractivity (Wildman–Crippen MR) is 137 cm³/mol. The van der Waals surface area contributed by atoms with Gasteiger partial charge in [-0.15, -0.1) is 11.3 Å². The molecule has 2 aromatic heterocycles. The molecule has 0 unspecified atom stereocenters. The maximum absolute atomic E-state index is 13.4. The van der Waals surface area contributed by atoms with Crippen LogP contribution in [0.2, 0.25) is 0 Å². The van der Waals surface area contributed by atoms with Crippen molar-refractivity contribution in [1.29, 1.82) is 0 Å². The molecule has 1 aliphatic carbocycles. The van der Waals surface area contributed by atoms with Crippen molar-refractivity contribution < 1.29 is 14.4 Å². The molecule has 2 amide bonds. The van der Waals surface area contributed by atoms with E-state index in [1.807, 2.05) is 66.0 Å². The Bertz CT molecular complexity index is 1390. The second-order valence-corrected chi connectivity index (χ2v) is 9.63. The Hall–Kier alpha value is -4.11. The van der Waals surface area contributed by atoms with Gasteiger partial charge in [0.2, 0.25) is 10.9 Å². The van der Waals surface area contributed by atoms with Crippen molar-refractivity contribution in [3.05, 3.63) is 89.1 Å². The third-order valence-electron chi connectivity index (χ3n) is 5.85. The number of carbonyl (C=O) groups excluding carboxylic acids is 3. The van der Waals surface area contributed by atoms with Crippen LogP contribution in [0.4, 0.5) is 0 Å². The third kappa shape index (κ3) is 5.41. The van der Waals surface area contributed by atoms with Gasteiger partial charge in [-0.1, -0.05) is 60.7 Å². The Morgan fingerprint density at radius 1 is 1.06 bits per heavy atom. The first kappa shape index (κ1) is 23.6. The van der Waals surface area contributed by atoms with Crippen molar-refractivity contribution in [2.24, 2.45) is 0 Å². The lowest BCUT2D eigenvalue weighted by Gasteiger charge is -2.18. The first-order valence-corrected chi connectivity index (χ1v) is 12.6. The molecule has 1 saturated carbocycles. The summed E-state index contributed by atoms with van der Waals surface area (Å²) in [5.41, 5.74) is 3.46. The SMILES string of the molecule is Cc1cc(C(=O)N[C@@H](Cc2ccccc2)C(=O)C(=O)NC2CC2)n(-c2nc(-c3ccccc3)cs2)n1. The zero-order chi connectivity index (χ0) is 25.1. The first-order chi connectivity index (χ1) is 17.5. The normalized spacial score (nSPS) is 13.7. The lowest BCUT2D eigenvalue weighted by Crippen LogP contribution is -2.49. The van der Waals surface area contributed by atoms with Crippen LogP contribution in [-0.2, 0) is 16.0 Å². The van der Waals surface area contributed by atoms with Gasteiger partial charge in [0.15, 0.2) is 0 Å². The fourth-order valence-corrected chi connectivity index (χ4v) is 4.64. The van der Waals surface area contributed by atoms with Gasteiger partial charge in [0.25, 0.3) is 11.8 Å². The minimum atomic E-state index is -1.02. The molecule has 8 nitrogen and oxygen atoms in total. The molecule has 0 saturated heterocycles. The first-order valence-electron chi connectivity index (χ1n) is 11.8. The Labute approximate surface area is 212 Å². The molecule has 2 heterocycles. The number of nitrogens with zero attached hydrogens (tertiary/aromatic N) is 3. The quantitative estimate of drug-likeness (QED) is 0.343. The summed E-state index contributed by atoms with van der Waals surface area (Å²) in [6, 6.07) is 19.7. The summed E-state index contributed by atoms with van der Waals surface area (Å²) in [6.45, 7) is 1.79. The highest BCUT2D eigenvalue weighted by molar-refractivity contribution is 7.12. The van der Waals surface area contributed by atoms with Gasteiger partial charge in [0.1, 0.15) is 11.7 Å². The van der Waals surface area contributed by atoms with Gasteiger partial charge in [0.05, 0.1) is 11.4 Å². The van der Waals surface area contributed by atoms with E-state index in [1.54, 1.807) is 13.0 Å². The average molecular weight is 500 g/mol. The highest BCUT2D eigenvalue weighted by Gasteiger charge is 2.32. The van der Waals surface area contributed by atoms with E-state index >= 15 is 0 Å². The monoisotopic (exact) mass is 499 g/mol. The molecule has 36 heavy (non-hydrogen) atoms. The molecular weight excluding hydrogens is 474 g/mol. The zero-order valence-corrected chi connectivity index (χ0v) is 20.5. The number of hydrogen-bond donors (Lipinski definition) is 2. The van der Waals surface area contributed by atoms with Crippen LogP contribution in [0.25, 0.3) is 16.4 Å². The number of hydrogen-bond acceptors (Lipinski definition) is 6. The summed E-state index contributed by atoms with van der Waals surface area (Å²) in [5, 5.41) is 12.4. The van der Waals surface area contributed by atoms with E-state index in [2.05, 4.69) is 20.7 Å². The molecule has 1 aliphatic rings. The van der Waals surface area contributed by atoms with Crippen molar-refractivity contribution in [3.8, 4) is 16.4 Å². The minimum absolute atomic E-state index is 0.0438. The van der Waals surface area contributed by atoms with E-state index in [0.29, 0.717) is 10.8 Å². The topological polar surface area (TPSA) is 106 Å². The molecular formula is C27H25N5O3S. The number of benzene rings is 2. The number of Topliss-reactive ketones (excluding diaryl/α,β-unsaturated/α-hetero) is 1. The molecule has 1 fully saturated rings. The Kier molecular flexibility index (Phi) is 6.73. The van der Waals surface area contributed by atoms with E-state index in [1.165, 1.54) is 16.0 Å². The summed E-state index contributed by atoms with van der Waals surface area (Å²) in [7, 11) is 0. The van der Waals surface area contributed by atoms with Crippen LogP contribution in [0.5, 0.6) is 0 Å². The van der Waals surface area contributed by atoms with Gasteiger partial charge in [-0.3, -0.25) is 14.4 Å². The largest absolute Gasteiger partial charge is 0.347 e. The second-order valence-electron chi connectivity index (χ2n) is 8.79. The van der Waals surface area contributed by atoms with Crippen molar-refractivity contribution in [2.75, 3.05) is 0 Å². The fraction of sp³-hybridized carbons (Fsp3) is 0.222. The molecule has 0 radical (unpaired) electrons. The van der Waals surface area contributed by atoms with Crippen LogP contribution < -0.4 is 10.6 Å². The number of thiazole rings is 1. The van der Waals surface area contributed by atoms with Crippen molar-refractivity contribution in [2.45, 2.75) is 38.3 Å². The Balaban J connectivity index is 1.40. The van der Waals surface area contributed by atoms with E-state index in [9.17, 15) is 14.4 Å². The molecule has 2 aromatic carbocycles. The number of nitrogens with one attached hydrogen (secondary N) is 2. The van der Waals surface area contributed by atoms with Crippen LogP contribution in [-0.4, -0.2) is 44.4 Å². The van der Waals surface area contributed by atoms with Crippen molar-refractivity contribution in [3.63, 3.8) is 0 Å². The van der Waals surface area contributed by atoms with Crippen LogP contribution in [0.3, 0.4) is 0 Å². The average Bonchev–Trinajstić information content (AvgIpc) is 3.41. The van der Waals surface area contributed by atoms with Crippen LogP contribution in [0, 0.1) is 6.92 Å². The van der Waals surface area contributed by atoms with E-state index in [0.717, 1.165) is 29.7 Å². The summed E-state index contributed by atoms with van der Waals surface area (Å²) in [6.07, 6.45) is 1.93. The minimum Gasteiger partial charge on any atom is -0.347 e. The van der Waals surface area contributed by atoms with Crippen LogP contribution in [0.1, 0.15) is 34.6 Å². The lowest BCUT2D eigenvalue weighted by atomic mass is 10.0. The number of carbonyl (C=O) groups is 3. The van der Waals surface area contributed by atoms with Crippen molar-refractivity contribution >= 4 is 28.9 Å². The van der Waals surface area contributed by atoms with E-state index < -0.39 is 23.6 Å². The molecule has 2 N–H and O–H groups in total. The van der Waals surface area contributed by atoms with Gasteiger partial charge < -0.3 is 10.6 Å². The second kappa shape index (κ2) is 10.2. The molecule has 4 aromatic rings. The van der Waals surface area contributed by atoms with Crippen LogP contribution >= 0.6 is 11.3 Å². The fourth-order valence-electron chi connectivity index (χ4n) is 3.84. The molecule has 9 heteroatoms. The number of rotatable bonds is 9. The summed E-state index contributed by atoms with van der Waals surface area (Å²) < 4.78 is 1.48. The number of amides is 2. The van der Waals surface area contributed by atoms with Crippen molar-refractivity contribution in [1.82, 2.24) is 25.4 Å².